The number of dihydropyridines is 1. The van der Waals surface area contributed by atoms with E-state index >= 15 is 0 Å². The normalized spacial score (nSPS) is 16.2. The van der Waals surface area contributed by atoms with Crippen molar-refractivity contribution in [3.05, 3.63) is 65.4 Å². The molecule has 1 amide bonds. The van der Waals surface area contributed by atoms with E-state index in [1.807, 2.05) is 60.4 Å². The molecule has 5 rings (SSSR count). The lowest BCUT2D eigenvalue weighted by Crippen LogP contribution is -2.48. The summed E-state index contributed by atoms with van der Waals surface area (Å²) >= 11 is 0. The highest BCUT2D eigenvalue weighted by molar-refractivity contribution is 6.43. The molecule has 0 unspecified atom stereocenters. The molecule has 8 heteroatoms. The second-order valence-electron chi connectivity index (χ2n) is 8.57. The minimum absolute atomic E-state index is 0.0232. The van der Waals surface area contributed by atoms with Gasteiger partial charge in [-0.25, -0.2) is 9.97 Å². The zero-order valence-electron chi connectivity index (χ0n) is 19.2. The average molecular weight is 457 g/mol. The number of hydrogen-bond acceptors (Lipinski definition) is 7. The van der Waals surface area contributed by atoms with Gasteiger partial charge >= 0.3 is 0 Å². The lowest BCUT2D eigenvalue weighted by atomic mass is 10.0. The van der Waals surface area contributed by atoms with Crippen LogP contribution in [0.4, 0.5) is 5.82 Å². The first-order chi connectivity index (χ1) is 16.6. The third-order valence-corrected chi connectivity index (χ3v) is 6.26. The largest absolute Gasteiger partial charge is 0.392 e. The van der Waals surface area contributed by atoms with E-state index in [2.05, 4.69) is 15.6 Å². The highest BCUT2D eigenvalue weighted by Crippen LogP contribution is 2.28. The molecule has 2 aliphatic heterocycles. The number of aliphatic hydroxyl groups excluding tert-OH is 1. The quantitative estimate of drug-likeness (QED) is 0.546. The molecule has 2 aromatic carbocycles. The molecule has 0 bridgehead atoms. The minimum Gasteiger partial charge on any atom is -0.392 e. The molecule has 0 atom stereocenters. The van der Waals surface area contributed by atoms with Gasteiger partial charge in [0, 0.05) is 55.8 Å². The summed E-state index contributed by atoms with van der Waals surface area (Å²) in [6.45, 7) is 5.50. The number of anilines is 1. The zero-order chi connectivity index (χ0) is 23.5. The Balaban J connectivity index is 1.48. The van der Waals surface area contributed by atoms with E-state index in [4.69, 9.17) is 9.97 Å². The predicted octanol–water partition coefficient (Wildman–Crippen LogP) is 2.67. The van der Waals surface area contributed by atoms with Gasteiger partial charge in [-0.15, -0.1) is 0 Å². The Morgan fingerprint density at radius 3 is 2.79 bits per heavy atom. The number of para-hydroxylation sites is 1. The maximum absolute atomic E-state index is 12.9. The second-order valence-corrected chi connectivity index (χ2v) is 8.57. The van der Waals surface area contributed by atoms with E-state index in [0.29, 0.717) is 43.4 Å². The Kier molecular flexibility index (Phi) is 6.33. The van der Waals surface area contributed by atoms with Crippen LogP contribution in [-0.2, 0) is 11.4 Å². The molecule has 0 aliphatic carbocycles. The van der Waals surface area contributed by atoms with Gasteiger partial charge in [0.15, 0.2) is 5.82 Å². The Labute approximate surface area is 198 Å². The molecular weight excluding hydrogens is 428 g/mol. The van der Waals surface area contributed by atoms with Crippen LogP contribution in [0.1, 0.15) is 17.5 Å². The van der Waals surface area contributed by atoms with Gasteiger partial charge in [-0.3, -0.25) is 9.79 Å². The standard InChI is InChI=1S/C26H28N6O2/c1-17-6-7-18(14-19(17)16-33)24-30-22-5-3-2-4-21(22)25(31-24)29-20-8-9-28-23(15-20)26(34)32-12-10-27-11-13-32/h2-7,14-15,27,33H,8-13,16H2,1H3,(H,29,30,31). The smallest absolute Gasteiger partial charge is 0.272 e. The molecule has 174 valence electrons. The molecule has 0 spiro atoms. The van der Waals surface area contributed by atoms with E-state index in [-0.39, 0.29) is 12.5 Å². The third-order valence-electron chi connectivity index (χ3n) is 6.26. The van der Waals surface area contributed by atoms with Crippen molar-refractivity contribution in [3.63, 3.8) is 0 Å². The number of aliphatic imine (C=N–C) groups is 1. The summed E-state index contributed by atoms with van der Waals surface area (Å²) in [4.78, 5) is 28.9. The van der Waals surface area contributed by atoms with Crippen molar-refractivity contribution in [3.8, 4) is 11.4 Å². The first-order valence-electron chi connectivity index (χ1n) is 11.6. The summed E-state index contributed by atoms with van der Waals surface area (Å²) in [5.41, 5.74) is 4.94. The molecule has 0 saturated carbocycles. The first-order valence-corrected chi connectivity index (χ1v) is 11.6. The number of nitrogens with one attached hydrogen (secondary N) is 2. The lowest BCUT2D eigenvalue weighted by molar-refractivity contribution is -0.124. The fourth-order valence-corrected chi connectivity index (χ4v) is 4.27. The van der Waals surface area contributed by atoms with E-state index in [1.54, 1.807) is 0 Å². The van der Waals surface area contributed by atoms with Crippen LogP contribution < -0.4 is 10.6 Å². The number of aliphatic hydroxyl groups is 1. The van der Waals surface area contributed by atoms with Gasteiger partial charge in [0.25, 0.3) is 5.91 Å². The van der Waals surface area contributed by atoms with Crippen LogP contribution in [0, 0.1) is 6.92 Å². The molecule has 34 heavy (non-hydrogen) atoms. The molecular formula is C26H28N6O2. The van der Waals surface area contributed by atoms with Gasteiger partial charge in [0.1, 0.15) is 11.5 Å². The number of carbonyl (C=O) groups is 1. The fourth-order valence-electron chi connectivity index (χ4n) is 4.27. The van der Waals surface area contributed by atoms with Crippen LogP contribution in [0.25, 0.3) is 22.3 Å². The van der Waals surface area contributed by atoms with E-state index in [1.165, 1.54) is 0 Å². The number of hydrogen-bond donors (Lipinski definition) is 3. The topological polar surface area (TPSA) is 103 Å². The second kappa shape index (κ2) is 9.70. The van der Waals surface area contributed by atoms with E-state index < -0.39 is 0 Å². The van der Waals surface area contributed by atoms with Crippen molar-refractivity contribution >= 4 is 28.3 Å². The molecule has 1 fully saturated rings. The molecule has 8 nitrogen and oxygen atoms in total. The first kappa shape index (κ1) is 22.2. The number of fused-ring (bicyclic) bond motifs is 1. The lowest BCUT2D eigenvalue weighted by Gasteiger charge is -2.28. The highest BCUT2D eigenvalue weighted by Gasteiger charge is 2.22. The molecule has 2 aliphatic rings. The fraction of sp³-hybridized carbons (Fsp3) is 0.308. The summed E-state index contributed by atoms with van der Waals surface area (Å²) in [5.74, 6) is 1.25. The third kappa shape index (κ3) is 4.55. The molecule has 3 heterocycles. The van der Waals surface area contributed by atoms with Crippen molar-refractivity contribution in [2.45, 2.75) is 20.0 Å². The molecule has 0 radical (unpaired) electrons. The van der Waals surface area contributed by atoms with E-state index in [0.717, 1.165) is 46.4 Å². The number of aromatic nitrogens is 2. The van der Waals surface area contributed by atoms with Crippen molar-refractivity contribution in [2.24, 2.45) is 4.99 Å². The van der Waals surface area contributed by atoms with Gasteiger partial charge in [-0.1, -0.05) is 24.3 Å². The molecule has 3 N–H and O–H groups in total. The number of piperazine rings is 1. The van der Waals surface area contributed by atoms with Crippen LogP contribution in [0.5, 0.6) is 0 Å². The highest BCUT2D eigenvalue weighted by atomic mass is 16.3. The van der Waals surface area contributed by atoms with Crippen LogP contribution >= 0.6 is 0 Å². The monoisotopic (exact) mass is 456 g/mol. The number of aryl methyl sites for hydroxylation is 1. The van der Waals surface area contributed by atoms with Crippen LogP contribution in [0.2, 0.25) is 0 Å². The van der Waals surface area contributed by atoms with Crippen LogP contribution in [-0.4, -0.2) is 64.3 Å². The maximum atomic E-state index is 12.9. The Bertz CT molecular complexity index is 1290. The summed E-state index contributed by atoms with van der Waals surface area (Å²) in [7, 11) is 0. The van der Waals surface area contributed by atoms with Gasteiger partial charge < -0.3 is 20.6 Å². The minimum atomic E-state index is -0.0333. The summed E-state index contributed by atoms with van der Waals surface area (Å²) in [5, 5.41) is 17.3. The Morgan fingerprint density at radius 2 is 1.97 bits per heavy atom. The number of rotatable bonds is 5. The predicted molar refractivity (Wildman–Crippen MR) is 134 cm³/mol. The van der Waals surface area contributed by atoms with Crippen molar-refractivity contribution < 1.29 is 9.90 Å². The maximum Gasteiger partial charge on any atom is 0.272 e. The molecule has 1 aromatic heterocycles. The van der Waals surface area contributed by atoms with E-state index in [9.17, 15) is 9.90 Å². The van der Waals surface area contributed by atoms with Gasteiger partial charge in [-0.2, -0.15) is 0 Å². The van der Waals surface area contributed by atoms with Crippen molar-refractivity contribution in [2.75, 3.05) is 38.0 Å². The number of benzene rings is 2. The van der Waals surface area contributed by atoms with Gasteiger partial charge in [0.2, 0.25) is 0 Å². The number of amides is 1. The van der Waals surface area contributed by atoms with Crippen molar-refractivity contribution in [1.82, 2.24) is 20.2 Å². The SMILES string of the molecule is Cc1ccc(-c2nc(NC3=CC(C(=O)N4CCNCC4)=NCC3)c3ccccc3n2)cc1CO. The Hall–Kier alpha value is -3.62. The van der Waals surface area contributed by atoms with Gasteiger partial charge in [0.05, 0.1) is 12.1 Å². The summed E-state index contributed by atoms with van der Waals surface area (Å²) in [6, 6.07) is 13.7. The number of nitrogens with zero attached hydrogens (tertiary/aromatic N) is 4. The summed E-state index contributed by atoms with van der Waals surface area (Å²) in [6.07, 6.45) is 2.55. The van der Waals surface area contributed by atoms with Crippen molar-refractivity contribution in [1.29, 1.82) is 0 Å². The number of carbonyl (C=O) groups excluding carboxylic acids is 1. The van der Waals surface area contributed by atoms with Gasteiger partial charge in [-0.05, 0) is 42.3 Å². The zero-order valence-corrected chi connectivity index (χ0v) is 19.2. The van der Waals surface area contributed by atoms with Crippen LogP contribution in [0.3, 0.4) is 0 Å². The summed E-state index contributed by atoms with van der Waals surface area (Å²) < 4.78 is 0. The molecule has 1 saturated heterocycles. The molecule has 3 aromatic rings. The van der Waals surface area contributed by atoms with Crippen LogP contribution in [0.15, 0.2) is 59.2 Å². The Morgan fingerprint density at radius 1 is 1.15 bits per heavy atom. The average Bonchev–Trinajstić information content (AvgIpc) is 2.89.